The molecular formula is C42H78NO7+. The van der Waals surface area contributed by atoms with Crippen molar-refractivity contribution in [2.24, 2.45) is 0 Å². The van der Waals surface area contributed by atoms with Crippen LogP contribution in [0.3, 0.4) is 0 Å². The molecule has 0 aliphatic rings. The lowest BCUT2D eigenvalue weighted by Crippen LogP contribution is -2.50. The number of likely N-dealkylation sites (N-methyl/N-ethyl adjacent to an activating group) is 1. The number of carboxylic acids is 1. The molecule has 0 heterocycles. The van der Waals surface area contributed by atoms with Gasteiger partial charge in [0.1, 0.15) is 6.61 Å². The molecule has 0 saturated heterocycles. The Balaban J connectivity index is 4.02. The minimum absolute atomic E-state index is 0.0529. The Morgan fingerprint density at radius 1 is 0.600 bits per heavy atom. The van der Waals surface area contributed by atoms with Gasteiger partial charge >= 0.3 is 17.9 Å². The predicted molar refractivity (Wildman–Crippen MR) is 206 cm³/mol. The highest BCUT2D eigenvalue weighted by atomic mass is 16.6. The average molecular weight is 709 g/mol. The second-order valence-corrected chi connectivity index (χ2v) is 14.9. The number of ether oxygens (including phenoxy) is 3. The molecule has 0 aliphatic carbocycles. The number of esters is 2. The van der Waals surface area contributed by atoms with E-state index in [-0.39, 0.29) is 36.2 Å². The molecule has 0 aliphatic heterocycles. The van der Waals surface area contributed by atoms with Crippen LogP contribution in [0.2, 0.25) is 0 Å². The maximum Gasteiger partial charge on any atom is 0.362 e. The van der Waals surface area contributed by atoms with Crippen LogP contribution in [0.25, 0.3) is 0 Å². The predicted octanol–water partition coefficient (Wildman–Crippen LogP) is 10.5. The summed E-state index contributed by atoms with van der Waals surface area (Å²) < 4.78 is 17.0. The van der Waals surface area contributed by atoms with Crippen LogP contribution in [-0.4, -0.2) is 80.6 Å². The number of hydrogen-bond acceptors (Lipinski definition) is 6. The van der Waals surface area contributed by atoms with Crippen LogP contribution in [0.15, 0.2) is 24.3 Å². The molecule has 292 valence electrons. The van der Waals surface area contributed by atoms with E-state index in [4.69, 9.17) is 14.2 Å². The fourth-order valence-corrected chi connectivity index (χ4v) is 5.89. The SMILES string of the molecule is CCCCCCC/C=C\C/C=C\CCCCCCCCCCCCCC(=O)OC(COCCC(C(=O)O)[N+](C)(C)C)COC(=O)CCCCC. The van der Waals surface area contributed by atoms with Gasteiger partial charge in [0, 0.05) is 19.3 Å². The Bertz CT molecular complexity index is 880. The molecule has 8 heteroatoms. The molecule has 0 aromatic heterocycles. The maximum atomic E-state index is 12.6. The van der Waals surface area contributed by atoms with Crippen LogP contribution in [0.4, 0.5) is 0 Å². The minimum atomic E-state index is -0.878. The second-order valence-electron chi connectivity index (χ2n) is 14.9. The summed E-state index contributed by atoms with van der Waals surface area (Å²) in [6.45, 7) is 4.56. The number of quaternary nitrogens is 1. The Morgan fingerprint density at radius 3 is 1.58 bits per heavy atom. The van der Waals surface area contributed by atoms with E-state index in [1.54, 1.807) is 0 Å². The van der Waals surface area contributed by atoms with Gasteiger partial charge in [-0.3, -0.25) is 9.59 Å². The molecule has 0 spiro atoms. The van der Waals surface area contributed by atoms with Crippen molar-refractivity contribution < 1.29 is 38.2 Å². The first-order valence-corrected chi connectivity index (χ1v) is 20.4. The van der Waals surface area contributed by atoms with Crippen LogP contribution in [0.1, 0.15) is 174 Å². The van der Waals surface area contributed by atoms with Gasteiger partial charge in [0.2, 0.25) is 0 Å². The molecule has 2 atom stereocenters. The van der Waals surface area contributed by atoms with E-state index < -0.39 is 18.1 Å². The summed E-state index contributed by atoms with van der Waals surface area (Å²) in [5.41, 5.74) is 0. The number of unbranched alkanes of at least 4 members (excludes halogenated alkanes) is 18. The minimum Gasteiger partial charge on any atom is -0.477 e. The number of carbonyl (C=O) groups is 3. The maximum absolute atomic E-state index is 12.6. The van der Waals surface area contributed by atoms with Crippen molar-refractivity contribution in [1.29, 1.82) is 0 Å². The van der Waals surface area contributed by atoms with Gasteiger partial charge in [0.05, 0.1) is 34.4 Å². The lowest BCUT2D eigenvalue weighted by atomic mass is 10.0. The third kappa shape index (κ3) is 31.8. The average Bonchev–Trinajstić information content (AvgIpc) is 3.06. The van der Waals surface area contributed by atoms with E-state index in [0.29, 0.717) is 19.3 Å². The highest BCUT2D eigenvalue weighted by Gasteiger charge is 2.31. The van der Waals surface area contributed by atoms with Crippen molar-refractivity contribution >= 4 is 17.9 Å². The fourth-order valence-electron chi connectivity index (χ4n) is 5.89. The number of aliphatic carboxylic acids is 1. The van der Waals surface area contributed by atoms with Crippen LogP contribution in [0, 0.1) is 0 Å². The Hall–Kier alpha value is -2.19. The lowest BCUT2D eigenvalue weighted by molar-refractivity contribution is -0.887. The molecule has 1 N–H and O–H groups in total. The summed E-state index contributed by atoms with van der Waals surface area (Å²) in [6.07, 6.45) is 35.8. The summed E-state index contributed by atoms with van der Waals surface area (Å²) in [5, 5.41) is 9.54. The van der Waals surface area contributed by atoms with Gasteiger partial charge in [-0.1, -0.05) is 134 Å². The van der Waals surface area contributed by atoms with Crippen LogP contribution < -0.4 is 0 Å². The molecule has 0 radical (unpaired) electrons. The number of rotatable bonds is 36. The molecule has 0 rings (SSSR count). The van der Waals surface area contributed by atoms with E-state index in [2.05, 4.69) is 38.2 Å². The first kappa shape index (κ1) is 47.8. The number of carbonyl (C=O) groups excluding carboxylic acids is 2. The fraction of sp³-hybridized carbons (Fsp3) is 0.833. The van der Waals surface area contributed by atoms with Gasteiger partial charge in [-0.05, 0) is 44.9 Å². The molecule has 50 heavy (non-hydrogen) atoms. The normalized spacial score (nSPS) is 13.2. The summed E-state index contributed by atoms with van der Waals surface area (Å²) in [6, 6.07) is -0.609. The third-order valence-electron chi connectivity index (χ3n) is 9.10. The molecule has 0 saturated carbocycles. The Kier molecular flexibility index (Phi) is 32.4. The topological polar surface area (TPSA) is 99.1 Å². The Labute approximate surface area is 307 Å². The zero-order valence-corrected chi connectivity index (χ0v) is 33.1. The van der Waals surface area contributed by atoms with Gasteiger partial charge in [-0.15, -0.1) is 0 Å². The zero-order valence-electron chi connectivity index (χ0n) is 33.1. The molecule has 2 unspecified atom stereocenters. The van der Waals surface area contributed by atoms with E-state index in [9.17, 15) is 19.5 Å². The summed E-state index contributed by atoms with van der Waals surface area (Å²) >= 11 is 0. The third-order valence-corrected chi connectivity index (χ3v) is 9.10. The molecule has 0 fully saturated rings. The van der Waals surface area contributed by atoms with Crippen molar-refractivity contribution in [3.05, 3.63) is 24.3 Å². The van der Waals surface area contributed by atoms with Gasteiger partial charge < -0.3 is 23.8 Å². The number of hydrogen-bond donors (Lipinski definition) is 1. The molecule has 0 amide bonds. The van der Waals surface area contributed by atoms with Crippen molar-refractivity contribution in [3.63, 3.8) is 0 Å². The highest BCUT2D eigenvalue weighted by molar-refractivity contribution is 5.72. The van der Waals surface area contributed by atoms with E-state index in [0.717, 1.165) is 44.9 Å². The van der Waals surface area contributed by atoms with Crippen molar-refractivity contribution in [2.75, 3.05) is 41.0 Å². The Morgan fingerprint density at radius 2 is 1.06 bits per heavy atom. The van der Waals surface area contributed by atoms with Crippen LogP contribution in [0.5, 0.6) is 0 Å². The van der Waals surface area contributed by atoms with Gasteiger partial charge in [-0.2, -0.15) is 0 Å². The first-order chi connectivity index (χ1) is 24.1. The molecular weight excluding hydrogens is 630 g/mol. The van der Waals surface area contributed by atoms with Crippen molar-refractivity contribution in [1.82, 2.24) is 0 Å². The summed E-state index contributed by atoms with van der Waals surface area (Å²) in [7, 11) is 5.50. The van der Waals surface area contributed by atoms with E-state index in [1.807, 2.05) is 21.1 Å². The highest BCUT2D eigenvalue weighted by Crippen LogP contribution is 2.14. The number of carboxylic acid groups (broad SMARTS) is 1. The standard InChI is InChI=1S/C42H77NO7/c1-6-8-10-11-12-13-14-15-16-17-18-19-20-21-22-23-24-25-26-27-28-29-31-33-41(45)50-38(37-49-40(44)32-30-9-7-2)36-48-35-34-39(42(46)47)43(3,4)5/h14-15,17-18,38-39H,6-13,16,19-37H2,1-5H3/p+1/b15-14-,18-17-. The summed E-state index contributed by atoms with van der Waals surface area (Å²) in [5.74, 6) is -1.50. The molecule has 0 aromatic carbocycles. The number of nitrogens with zero attached hydrogens (tertiary/aromatic N) is 1. The largest absolute Gasteiger partial charge is 0.477 e. The van der Waals surface area contributed by atoms with E-state index in [1.165, 1.54) is 96.3 Å². The van der Waals surface area contributed by atoms with E-state index >= 15 is 0 Å². The van der Waals surface area contributed by atoms with Crippen molar-refractivity contribution in [3.8, 4) is 0 Å². The monoisotopic (exact) mass is 709 g/mol. The summed E-state index contributed by atoms with van der Waals surface area (Å²) in [4.78, 5) is 36.3. The lowest BCUT2D eigenvalue weighted by Gasteiger charge is -2.31. The first-order valence-electron chi connectivity index (χ1n) is 20.4. The van der Waals surface area contributed by atoms with Crippen molar-refractivity contribution in [2.45, 2.75) is 187 Å². The zero-order chi connectivity index (χ0) is 37.1. The number of allylic oxidation sites excluding steroid dienone is 4. The van der Waals surface area contributed by atoms with Crippen LogP contribution in [-0.2, 0) is 28.6 Å². The quantitative estimate of drug-likeness (QED) is 0.0299. The van der Waals surface area contributed by atoms with Gasteiger partial charge in [-0.25, -0.2) is 4.79 Å². The second kappa shape index (κ2) is 33.9. The molecule has 0 bridgehead atoms. The van der Waals surface area contributed by atoms with Crippen LogP contribution >= 0.6 is 0 Å². The smallest absolute Gasteiger partial charge is 0.362 e. The van der Waals surface area contributed by atoms with Gasteiger partial charge in [0.15, 0.2) is 12.1 Å². The molecule has 8 nitrogen and oxygen atoms in total. The molecule has 0 aromatic rings. The van der Waals surface area contributed by atoms with Gasteiger partial charge in [0.25, 0.3) is 0 Å².